The van der Waals surface area contributed by atoms with Crippen LogP contribution in [-0.4, -0.2) is 37.5 Å². The number of anilines is 2. The van der Waals surface area contributed by atoms with Gasteiger partial charge in [0, 0.05) is 30.6 Å². The normalized spacial score (nSPS) is 19.8. The molecule has 0 saturated carbocycles. The molecular weight excluding hydrogens is 642 g/mol. The number of nitrogens with zero attached hydrogens (tertiary/aromatic N) is 2. The second kappa shape index (κ2) is 12.3. The van der Waals surface area contributed by atoms with Crippen molar-refractivity contribution >= 4 is 51.2 Å². The maximum Gasteiger partial charge on any atom is 0.335 e. The van der Waals surface area contributed by atoms with Crippen molar-refractivity contribution in [2.24, 2.45) is 0 Å². The molecule has 0 bridgehead atoms. The Kier molecular flexibility index (Phi) is 7.93. The lowest BCUT2D eigenvalue weighted by molar-refractivity contribution is -0.122. The number of rotatable bonds is 6. The van der Waals surface area contributed by atoms with Gasteiger partial charge in [0.2, 0.25) is 0 Å². The number of ether oxygens (including phenoxy) is 1. The molecule has 46 heavy (non-hydrogen) atoms. The number of halogens is 1. The number of amides is 4. The number of carbonyl (C=O) groups is 3. The van der Waals surface area contributed by atoms with E-state index < -0.39 is 17.8 Å². The molecule has 7 rings (SSSR count). The molecule has 8 heteroatoms. The van der Waals surface area contributed by atoms with Gasteiger partial charge in [-0.25, -0.2) is 9.69 Å². The topological polar surface area (TPSA) is 79.0 Å². The number of benzene rings is 4. The highest BCUT2D eigenvalue weighted by Gasteiger charge is 2.40. The first-order chi connectivity index (χ1) is 22.4. The van der Waals surface area contributed by atoms with Crippen LogP contribution in [0, 0.1) is 12.3 Å². The summed E-state index contributed by atoms with van der Waals surface area (Å²) in [5.41, 5.74) is 6.60. The van der Waals surface area contributed by atoms with Gasteiger partial charge < -0.3 is 9.64 Å². The van der Waals surface area contributed by atoms with E-state index in [1.165, 1.54) is 22.9 Å². The van der Waals surface area contributed by atoms with Crippen molar-refractivity contribution in [1.29, 1.82) is 0 Å². The molecule has 0 aliphatic carbocycles. The molecule has 1 N–H and O–H groups in total. The molecule has 7 nitrogen and oxygen atoms in total. The van der Waals surface area contributed by atoms with Gasteiger partial charge in [0.25, 0.3) is 11.8 Å². The first-order valence-electron chi connectivity index (χ1n) is 15.2. The Balaban J connectivity index is 1.34. The van der Waals surface area contributed by atoms with Gasteiger partial charge in [0.15, 0.2) is 0 Å². The third kappa shape index (κ3) is 5.37. The van der Waals surface area contributed by atoms with E-state index in [4.69, 9.17) is 11.2 Å². The smallest absolute Gasteiger partial charge is 0.335 e. The van der Waals surface area contributed by atoms with E-state index >= 15 is 0 Å². The highest BCUT2D eigenvalue weighted by atomic mass is 79.9. The lowest BCUT2D eigenvalue weighted by Gasteiger charge is -2.44. The molecule has 3 heterocycles. The standard InChI is InChI=1S/C38H30BrN3O4/c1-2-19-46-34-14-13-24(21-33(34)39)20-32-36(43)40-38(45)42(37(32)44)27-22-30-28(25-9-5-3-6-10-25)15-17-41-18-16-29(31(23-27)35(30)41)26-11-7-4-8-12-26/h1,3-14,20-23,28-29H,15-19H2,(H,40,43,45)/b32-20+/t28-,29-/m1/s1. The first kappa shape index (κ1) is 29.6. The molecular formula is C38H30BrN3O4. The number of nitrogens with one attached hydrogen (secondary N) is 1. The average Bonchev–Trinajstić information content (AvgIpc) is 3.07. The maximum absolute atomic E-state index is 14.1. The summed E-state index contributed by atoms with van der Waals surface area (Å²) in [6, 6.07) is 29.0. The Morgan fingerprint density at radius 2 is 1.48 bits per heavy atom. The van der Waals surface area contributed by atoms with E-state index in [1.807, 2.05) is 48.5 Å². The second-order valence-corrected chi connectivity index (χ2v) is 12.5. The molecule has 3 aliphatic rings. The van der Waals surface area contributed by atoms with Gasteiger partial charge >= 0.3 is 6.03 Å². The quantitative estimate of drug-likeness (QED) is 0.136. The van der Waals surface area contributed by atoms with Crippen LogP contribution in [0.2, 0.25) is 0 Å². The Hall–Kier alpha value is -5.13. The number of barbiturate groups is 1. The third-order valence-electron chi connectivity index (χ3n) is 8.94. The summed E-state index contributed by atoms with van der Waals surface area (Å²) in [6.07, 6.45) is 8.61. The number of carbonyl (C=O) groups excluding carboxylic acids is 3. The summed E-state index contributed by atoms with van der Waals surface area (Å²) in [7, 11) is 0. The summed E-state index contributed by atoms with van der Waals surface area (Å²) >= 11 is 3.46. The minimum Gasteiger partial charge on any atom is -0.480 e. The predicted molar refractivity (Wildman–Crippen MR) is 182 cm³/mol. The zero-order valence-electron chi connectivity index (χ0n) is 24.9. The van der Waals surface area contributed by atoms with Gasteiger partial charge in [-0.2, -0.15) is 0 Å². The summed E-state index contributed by atoms with van der Waals surface area (Å²) < 4.78 is 6.13. The van der Waals surface area contributed by atoms with Gasteiger partial charge in [-0.3, -0.25) is 14.9 Å². The Morgan fingerprint density at radius 1 is 0.870 bits per heavy atom. The first-order valence-corrected chi connectivity index (χ1v) is 16.0. The molecule has 228 valence electrons. The summed E-state index contributed by atoms with van der Waals surface area (Å²) in [5.74, 6) is 1.72. The van der Waals surface area contributed by atoms with E-state index in [0.717, 1.165) is 42.0 Å². The molecule has 0 radical (unpaired) electrons. The molecule has 4 aromatic rings. The monoisotopic (exact) mass is 671 g/mol. The van der Waals surface area contributed by atoms with E-state index in [0.29, 0.717) is 21.5 Å². The van der Waals surface area contributed by atoms with E-state index in [2.05, 4.69) is 56.3 Å². The van der Waals surface area contributed by atoms with Crippen LogP contribution in [-0.2, 0) is 9.59 Å². The van der Waals surface area contributed by atoms with Gasteiger partial charge in [0.05, 0.1) is 10.2 Å². The summed E-state index contributed by atoms with van der Waals surface area (Å²) in [6.45, 7) is 1.95. The van der Waals surface area contributed by atoms with Gasteiger partial charge in [0.1, 0.15) is 17.9 Å². The van der Waals surface area contributed by atoms with E-state index in [1.54, 1.807) is 18.2 Å². The van der Waals surface area contributed by atoms with E-state index in [9.17, 15) is 14.4 Å². The van der Waals surface area contributed by atoms with Gasteiger partial charge in [-0.05, 0) is 86.9 Å². The zero-order valence-corrected chi connectivity index (χ0v) is 26.5. The Bertz CT molecular complexity index is 1860. The van der Waals surface area contributed by atoms with Crippen molar-refractivity contribution in [3.05, 3.63) is 129 Å². The van der Waals surface area contributed by atoms with Crippen LogP contribution in [0.4, 0.5) is 16.2 Å². The van der Waals surface area contributed by atoms with Crippen molar-refractivity contribution in [2.75, 3.05) is 29.5 Å². The Morgan fingerprint density at radius 3 is 2.04 bits per heavy atom. The highest BCUT2D eigenvalue weighted by molar-refractivity contribution is 9.10. The summed E-state index contributed by atoms with van der Waals surface area (Å²) in [5, 5.41) is 2.40. The predicted octanol–water partition coefficient (Wildman–Crippen LogP) is 7.01. The number of hydrogen-bond donors (Lipinski definition) is 1. The lowest BCUT2D eigenvalue weighted by atomic mass is 9.76. The minimum atomic E-state index is -0.769. The van der Waals surface area contributed by atoms with Crippen LogP contribution in [0.25, 0.3) is 6.08 Å². The summed E-state index contributed by atoms with van der Waals surface area (Å²) in [4.78, 5) is 44.2. The minimum absolute atomic E-state index is 0.0906. The molecule has 1 fully saturated rings. The number of urea groups is 1. The van der Waals surface area contributed by atoms with Crippen molar-refractivity contribution in [2.45, 2.75) is 24.7 Å². The van der Waals surface area contributed by atoms with Gasteiger partial charge in [-0.15, -0.1) is 6.42 Å². The molecule has 0 unspecified atom stereocenters. The molecule has 3 aliphatic heterocycles. The van der Waals surface area contributed by atoms with Crippen LogP contribution in [0.5, 0.6) is 5.75 Å². The van der Waals surface area contributed by atoms with Crippen LogP contribution >= 0.6 is 15.9 Å². The fourth-order valence-corrected chi connectivity index (χ4v) is 7.38. The molecule has 4 aromatic carbocycles. The second-order valence-electron chi connectivity index (χ2n) is 11.6. The van der Waals surface area contributed by atoms with E-state index in [-0.39, 0.29) is 24.0 Å². The average molecular weight is 673 g/mol. The van der Waals surface area contributed by atoms with Crippen LogP contribution < -0.4 is 19.9 Å². The number of terminal acetylenes is 1. The van der Waals surface area contributed by atoms with Crippen LogP contribution in [0.15, 0.2) is 101 Å². The fourth-order valence-electron chi connectivity index (χ4n) is 6.87. The van der Waals surface area contributed by atoms with Crippen molar-refractivity contribution in [3.63, 3.8) is 0 Å². The molecule has 2 atom stereocenters. The molecule has 4 amide bonds. The molecule has 1 saturated heterocycles. The molecule has 0 aromatic heterocycles. The van der Waals surface area contributed by atoms with Gasteiger partial charge in [-0.1, -0.05) is 72.7 Å². The lowest BCUT2D eigenvalue weighted by Crippen LogP contribution is -2.54. The largest absolute Gasteiger partial charge is 0.480 e. The number of hydrogen-bond acceptors (Lipinski definition) is 5. The molecule has 0 spiro atoms. The third-order valence-corrected chi connectivity index (χ3v) is 9.56. The SMILES string of the molecule is C#CCOc1ccc(/C=C2\C(=O)NC(=O)N(c3cc4c5c(c3)[C@@H](c3ccccc3)CCN5CC[C@@H]4c3ccccc3)C2=O)cc1Br. The van der Waals surface area contributed by atoms with Crippen molar-refractivity contribution in [1.82, 2.24) is 5.32 Å². The number of imide groups is 2. The van der Waals surface area contributed by atoms with Crippen molar-refractivity contribution < 1.29 is 19.1 Å². The maximum atomic E-state index is 14.1. The van der Waals surface area contributed by atoms with Crippen LogP contribution in [0.1, 0.15) is 52.5 Å². The zero-order chi connectivity index (χ0) is 31.8. The highest BCUT2D eigenvalue weighted by Crippen LogP contribution is 2.50. The van der Waals surface area contributed by atoms with Crippen LogP contribution in [0.3, 0.4) is 0 Å². The van der Waals surface area contributed by atoms with Crippen molar-refractivity contribution in [3.8, 4) is 18.1 Å². The fraction of sp³-hybridized carbons (Fsp3) is 0.184. The Labute approximate surface area is 276 Å².